The Morgan fingerprint density at radius 2 is 1.81 bits per heavy atom. The average molecular weight is 523 g/mol. The van der Waals surface area contributed by atoms with Gasteiger partial charge in [0.05, 0.1) is 16.8 Å². The zero-order valence-electron chi connectivity index (χ0n) is 19.2. The largest absolute Gasteiger partial charge is 0.435 e. The van der Waals surface area contributed by atoms with Gasteiger partial charge in [-0.15, -0.1) is 0 Å². The Kier molecular flexibility index (Phi) is 6.61. The van der Waals surface area contributed by atoms with E-state index in [2.05, 4.69) is 15.1 Å². The van der Waals surface area contributed by atoms with E-state index in [1.807, 2.05) is 0 Å². The maximum atomic E-state index is 14.4. The molecule has 1 heterocycles. The molecule has 1 atom stereocenters. The Hall–Kier alpha value is -4.09. The summed E-state index contributed by atoms with van der Waals surface area (Å²) in [5.41, 5.74) is 0.999. The molecule has 0 aromatic heterocycles. The van der Waals surface area contributed by atoms with Crippen LogP contribution in [-0.4, -0.2) is 31.1 Å². The number of nitrogens with zero attached hydrogens (tertiary/aromatic N) is 2. The highest BCUT2D eigenvalue weighted by molar-refractivity contribution is 6.17. The van der Waals surface area contributed by atoms with Gasteiger partial charge >= 0.3 is 12.4 Å². The molecule has 194 valence electrons. The summed E-state index contributed by atoms with van der Waals surface area (Å²) in [7, 11) is 1.31. The zero-order chi connectivity index (χ0) is 27.0. The molecule has 1 amide bonds. The third-order valence-corrected chi connectivity index (χ3v) is 6.02. The normalized spacial score (nSPS) is 18.2. The van der Waals surface area contributed by atoms with Crippen LogP contribution in [0.3, 0.4) is 0 Å². The third-order valence-electron chi connectivity index (χ3n) is 6.02. The lowest BCUT2D eigenvalue weighted by atomic mass is 9.83. The second-order valence-corrected chi connectivity index (χ2v) is 8.25. The van der Waals surface area contributed by atoms with Gasteiger partial charge in [0.2, 0.25) is 5.91 Å². The van der Waals surface area contributed by atoms with Crippen LogP contribution in [0.1, 0.15) is 39.0 Å². The number of carbonyl (C=O) groups excluding carboxylic acids is 1. The monoisotopic (exact) mass is 523 g/mol. The fourth-order valence-electron chi connectivity index (χ4n) is 4.33. The minimum Gasteiger partial charge on any atom is -0.399 e. The molecule has 37 heavy (non-hydrogen) atoms. The van der Waals surface area contributed by atoms with Gasteiger partial charge in [0.25, 0.3) is 5.60 Å². The molecular weight excluding hydrogens is 504 g/mol. The summed E-state index contributed by atoms with van der Waals surface area (Å²) in [5, 5.41) is 8.05. The number of oxime groups is 2. The van der Waals surface area contributed by atoms with Crippen LogP contribution in [0, 0.1) is 0 Å². The molecular formula is C25H19F6N3O3. The number of primary amides is 1. The molecule has 1 aliphatic heterocycles. The fourth-order valence-corrected chi connectivity index (χ4v) is 4.33. The number of fused-ring (bicyclic) bond motifs is 1. The molecule has 1 aliphatic rings. The lowest BCUT2D eigenvalue weighted by Crippen LogP contribution is -2.42. The van der Waals surface area contributed by atoms with E-state index in [1.54, 1.807) is 24.3 Å². The van der Waals surface area contributed by atoms with E-state index in [-0.39, 0.29) is 23.3 Å². The summed E-state index contributed by atoms with van der Waals surface area (Å²) in [5.74, 6) is -0.762. The summed E-state index contributed by atoms with van der Waals surface area (Å²) in [6.07, 6.45) is -9.47. The minimum absolute atomic E-state index is 0.0517. The number of carbonyl (C=O) groups is 1. The van der Waals surface area contributed by atoms with E-state index in [4.69, 9.17) is 10.6 Å². The van der Waals surface area contributed by atoms with Crippen molar-refractivity contribution in [2.24, 2.45) is 16.0 Å². The maximum Gasteiger partial charge on any atom is 0.435 e. The summed E-state index contributed by atoms with van der Waals surface area (Å²) >= 11 is 0. The zero-order valence-corrected chi connectivity index (χ0v) is 19.2. The van der Waals surface area contributed by atoms with Crippen LogP contribution >= 0.6 is 0 Å². The van der Waals surface area contributed by atoms with Gasteiger partial charge in [0.15, 0.2) is 0 Å². The highest BCUT2D eigenvalue weighted by Crippen LogP contribution is 2.50. The molecule has 12 heteroatoms. The summed E-state index contributed by atoms with van der Waals surface area (Å²) in [6, 6.07) is 10.7. The third kappa shape index (κ3) is 4.70. The van der Waals surface area contributed by atoms with Crippen molar-refractivity contribution in [3.8, 4) is 0 Å². The lowest BCUT2D eigenvalue weighted by molar-refractivity contribution is -0.276. The van der Waals surface area contributed by atoms with Crippen LogP contribution in [0.5, 0.6) is 0 Å². The first-order valence-corrected chi connectivity index (χ1v) is 10.8. The molecule has 2 N–H and O–H groups in total. The molecule has 3 aromatic rings. The first-order chi connectivity index (χ1) is 17.4. The number of benzene rings is 3. The first-order valence-electron chi connectivity index (χ1n) is 10.8. The molecule has 0 spiro atoms. The second-order valence-electron chi connectivity index (χ2n) is 8.25. The molecule has 0 fully saturated rings. The van der Waals surface area contributed by atoms with Crippen molar-refractivity contribution >= 4 is 28.6 Å². The predicted molar refractivity (Wildman–Crippen MR) is 123 cm³/mol. The Labute approximate surface area is 206 Å². The van der Waals surface area contributed by atoms with Crippen LogP contribution in [-0.2, 0) is 27.9 Å². The van der Waals surface area contributed by atoms with E-state index in [0.29, 0.717) is 28.5 Å². The number of amides is 1. The molecule has 4 rings (SSSR count). The standard InChI is InChI=1S/C25H19F6N3O3/c1-36-33-10-9-14-11-19(17-7-2-3-8-18(17)21(14)22(32)35)20-13-23(37-34-20,25(29,30)31)15-5-4-6-16(12-15)24(26,27)28/h2-8,10-12H,9,13H2,1H3,(H2,32,35). The molecule has 0 saturated heterocycles. The summed E-state index contributed by atoms with van der Waals surface area (Å²) < 4.78 is 83.0. The van der Waals surface area contributed by atoms with Gasteiger partial charge in [-0.2, -0.15) is 26.3 Å². The smallest absolute Gasteiger partial charge is 0.399 e. The molecule has 0 saturated carbocycles. The Morgan fingerprint density at radius 3 is 2.43 bits per heavy atom. The highest BCUT2D eigenvalue weighted by atomic mass is 19.4. The van der Waals surface area contributed by atoms with Crippen LogP contribution in [0.25, 0.3) is 10.8 Å². The van der Waals surface area contributed by atoms with E-state index in [0.717, 1.165) is 12.1 Å². The van der Waals surface area contributed by atoms with Gasteiger partial charge in [0, 0.05) is 30.2 Å². The quantitative estimate of drug-likeness (QED) is 0.255. The molecule has 3 aromatic carbocycles. The Bertz CT molecular complexity index is 1420. The minimum atomic E-state index is -5.11. The van der Waals surface area contributed by atoms with Gasteiger partial charge in [-0.1, -0.05) is 46.7 Å². The van der Waals surface area contributed by atoms with Crippen LogP contribution in [0.15, 0.2) is 64.9 Å². The van der Waals surface area contributed by atoms with Gasteiger partial charge in [-0.3, -0.25) is 4.79 Å². The Balaban J connectivity index is 1.87. The number of rotatable bonds is 6. The van der Waals surface area contributed by atoms with Crippen LogP contribution in [0.4, 0.5) is 26.3 Å². The molecule has 6 nitrogen and oxygen atoms in total. The summed E-state index contributed by atoms with van der Waals surface area (Å²) in [4.78, 5) is 21.9. The van der Waals surface area contributed by atoms with Gasteiger partial charge in [0.1, 0.15) is 7.11 Å². The maximum absolute atomic E-state index is 14.4. The molecule has 0 radical (unpaired) electrons. The van der Waals surface area contributed by atoms with Crippen molar-refractivity contribution < 1.29 is 40.8 Å². The Morgan fingerprint density at radius 1 is 1.11 bits per heavy atom. The van der Waals surface area contributed by atoms with Gasteiger partial charge < -0.3 is 15.4 Å². The van der Waals surface area contributed by atoms with Crippen molar-refractivity contribution in [2.75, 3.05) is 7.11 Å². The van der Waals surface area contributed by atoms with E-state index in [9.17, 15) is 31.1 Å². The van der Waals surface area contributed by atoms with Crippen molar-refractivity contribution in [2.45, 2.75) is 30.8 Å². The van der Waals surface area contributed by atoms with Crippen molar-refractivity contribution in [3.05, 3.63) is 82.4 Å². The van der Waals surface area contributed by atoms with Crippen molar-refractivity contribution in [1.29, 1.82) is 0 Å². The van der Waals surface area contributed by atoms with Crippen molar-refractivity contribution in [1.82, 2.24) is 0 Å². The molecule has 0 aliphatic carbocycles. The number of hydrogen-bond donors (Lipinski definition) is 1. The molecule has 1 unspecified atom stereocenters. The topological polar surface area (TPSA) is 86.3 Å². The predicted octanol–water partition coefficient (Wildman–Crippen LogP) is 5.71. The highest BCUT2D eigenvalue weighted by Gasteiger charge is 2.62. The van der Waals surface area contributed by atoms with Crippen LogP contribution < -0.4 is 5.73 Å². The van der Waals surface area contributed by atoms with Crippen LogP contribution in [0.2, 0.25) is 0 Å². The van der Waals surface area contributed by atoms with E-state index >= 15 is 0 Å². The van der Waals surface area contributed by atoms with Gasteiger partial charge in [-0.25, -0.2) is 0 Å². The number of alkyl halides is 6. The average Bonchev–Trinajstić information content (AvgIpc) is 3.30. The lowest BCUT2D eigenvalue weighted by Gasteiger charge is -2.30. The SMILES string of the molecule is CON=CCc1cc(C2=NOC(c3cccc(C(F)(F)F)c3)(C(F)(F)F)C2)c2ccccc2c1C(N)=O. The van der Waals surface area contributed by atoms with E-state index in [1.165, 1.54) is 19.4 Å². The fraction of sp³-hybridized carbons (Fsp3) is 0.240. The van der Waals surface area contributed by atoms with Crippen molar-refractivity contribution in [3.63, 3.8) is 0 Å². The number of hydrogen-bond acceptors (Lipinski definition) is 5. The first kappa shape index (κ1) is 26.0. The number of nitrogens with two attached hydrogens (primary N) is 1. The number of halogens is 6. The van der Waals surface area contributed by atoms with Gasteiger partial charge in [-0.05, 0) is 34.5 Å². The molecule has 0 bridgehead atoms. The van der Waals surface area contributed by atoms with E-state index < -0.39 is 41.4 Å². The summed E-state index contributed by atoms with van der Waals surface area (Å²) in [6.45, 7) is 0. The second kappa shape index (κ2) is 9.41.